The minimum Gasteiger partial charge on any atom is -0.419 e. The lowest BCUT2D eigenvalue weighted by atomic mass is 10.1. The predicted molar refractivity (Wildman–Crippen MR) is 160 cm³/mol. The molecule has 1 fully saturated rings. The molecule has 3 aromatic carbocycles. The number of carbonyl (C=O) groups is 1. The fourth-order valence-electron chi connectivity index (χ4n) is 3.87. The maximum Gasteiger partial charge on any atom is 0.305 e. The van der Waals surface area contributed by atoms with Crippen LogP contribution in [0.15, 0.2) is 118 Å². The van der Waals surface area contributed by atoms with Crippen molar-refractivity contribution in [3.63, 3.8) is 0 Å². The van der Waals surface area contributed by atoms with Gasteiger partial charge in [-0.3, -0.25) is 9.69 Å². The third-order valence-electron chi connectivity index (χ3n) is 5.67. The van der Waals surface area contributed by atoms with E-state index in [9.17, 15) is 4.79 Å². The van der Waals surface area contributed by atoms with Crippen molar-refractivity contribution in [3.8, 4) is 0 Å². The van der Waals surface area contributed by atoms with Gasteiger partial charge in [-0.05, 0) is 77.8 Å². The highest BCUT2D eigenvalue weighted by Crippen LogP contribution is 2.34. The normalized spacial score (nSPS) is 16.4. The minimum atomic E-state index is -0.212. The number of likely N-dealkylation sites (N-methyl/N-ethyl adjacent to an activating group) is 1. The highest BCUT2D eigenvalue weighted by molar-refractivity contribution is 9.12. The van der Waals surface area contributed by atoms with Crippen LogP contribution >= 0.6 is 31.9 Å². The zero-order valence-electron chi connectivity index (χ0n) is 20.6. The van der Waals surface area contributed by atoms with Crippen molar-refractivity contribution in [2.45, 2.75) is 13.8 Å². The summed E-state index contributed by atoms with van der Waals surface area (Å²) in [6, 6.07) is 28.8. The summed E-state index contributed by atoms with van der Waals surface area (Å²) in [6.45, 7) is 4.24. The molecule has 0 N–H and O–H groups in total. The van der Waals surface area contributed by atoms with Gasteiger partial charge in [-0.2, -0.15) is 4.99 Å². The highest BCUT2D eigenvalue weighted by atomic mass is 79.9. The molecule has 0 spiro atoms. The lowest BCUT2D eigenvalue weighted by molar-refractivity contribution is -0.122. The van der Waals surface area contributed by atoms with E-state index in [1.165, 1.54) is 4.90 Å². The summed E-state index contributed by atoms with van der Waals surface area (Å²) in [5.74, 6) is 0.0314. The Hall–Kier alpha value is -3.42. The van der Waals surface area contributed by atoms with Crippen LogP contribution in [-0.2, 0) is 9.53 Å². The smallest absolute Gasteiger partial charge is 0.305 e. The Morgan fingerprint density at radius 3 is 2.03 bits per heavy atom. The molecular weight excluding hydrogens is 594 g/mol. The lowest BCUT2D eigenvalue weighted by Crippen LogP contribution is -2.29. The predicted octanol–water partition coefficient (Wildman–Crippen LogP) is 8.31. The van der Waals surface area contributed by atoms with Crippen molar-refractivity contribution in [2.24, 2.45) is 4.99 Å². The second kappa shape index (κ2) is 12.7. The summed E-state index contributed by atoms with van der Waals surface area (Å²) >= 11 is 6.92. The molecule has 188 valence electrons. The Labute approximate surface area is 234 Å². The van der Waals surface area contributed by atoms with Gasteiger partial charge in [0.25, 0.3) is 5.91 Å². The number of hydrogen-bond acceptors (Lipinski definition) is 4. The number of rotatable bonds is 8. The number of hydrogen-bond donors (Lipinski definition) is 0. The number of allylic oxidation sites excluding steroid dienone is 3. The molecule has 4 rings (SSSR count). The van der Waals surface area contributed by atoms with Gasteiger partial charge in [-0.1, -0.05) is 76.6 Å². The summed E-state index contributed by atoms with van der Waals surface area (Å²) < 4.78 is 6.75. The first-order chi connectivity index (χ1) is 18.0. The van der Waals surface area contributed by atoms with Crippen molar-refractivity contribution in [1.82, 2.24) is 4.90 Å². The largest absolute Gasteiger partial charge is 0.419 e. The average molecular weight is 621 g/mol. The topological polar surface area (TPSA) is 45.1 Å². The molecule has 1 aliphatic heterocycles. The number of amidine groups is 1. The van der Waals surface area contributed by atoms with E-state index >= 15 is 0 Å². The Morgan fingerprint density at radius 2 is 1.51 bits per heavy atom. The molecule has 37 heavy (non-hydrogen) atoms. The van der Waals surface area contributed by atoms with Gasteiger partial charge >= 0.3 is 6.02 Å². The SMILES string of the molecule is C/C=C(N=C1O/C(=C/c2ccc(N(c3ccccc3)c3ccccc3)cc2)C(=O)N1CC)\C(Br)=C/CBr. The third-order valence-corrected chi connectivity index (χ3v) is 6.73. The zero-order valence-corrected chi connectivity index (χ0v) is 23.8. The van der Waals surface area contributed by atoms with E-state index in [4.69, 9.17) is 4.74 Å². The molecule has 5 nitrogen and oxygen atoms in total. The number of anilines is 3. The fraction of sp³-hybridized carbons (Fsp3) is 0.133. The monoisotopic (exact) mass is 619 g/mol. The molecule has 0 aliphatic carbocycles. The van der Waals surface area contributed by atoms with E-state index in [2.05, 4.69) is 66.0 Å². The Morgan fingerprint density at radius 1 is 0.946 bits per heavy atom. The number of carbonyl (C=O) groups excluding carboxylic acids is 1. The van der Waals surface area contributed by atoms with E-state index in [0.29, 0.717) is 17.6 Å². The van der Waals surface area contributed by atoms with E-state index in [1.54, 1.807) is 6.08 Å². The molecule has 1 aliphatic rings. The van der Waals surface area contributed by atoms with Crippen molar-refractivity contribution in [2.75, 3.05) is 16.8 Å². The van der Waals surface area contributed by atoms with Crippen LogP contribution < -0.4 is 4.90 Å². The van der Waals surface area contributed by atoms with E-state index in [1.807, 2.05) is 86.7 Å². The van der Waals surface area contributed by atoms with Gasteiger partial charge in [0.2, 0.25) is 0 Å². The Kier molecular flexibility index (Phi) is 9.14. The molecule has 0 aromatic heterocycles. The van der Waals surface area contributed by atoms with Crippen LogP contribution in [0.3, 0.4) is 0 Å². The number of nitrogens with zero attached hydrogens (tertiary/aromatic N) is 3. The van der Waals surface area contributed by atoms with Crippen molar-refractivity contribution >= 4 is 66.9 Å². The number of ether oxygens (including phenoxy) is 1. The number of alkyl halides is 1. The average Bonchev–Trinajstić information content (AvgIpc) is 3.23. The van der Waals surface area contributed by atoms with Crippen molar-refractivity contribution in [3.05, 3.63) is 119 Å². The first kappa shape index (κ1) is 26.6. The maximum atomic E-state index is 13.1. The molecule has 0 atom stereocenters. The number of aliphatic imine (C=N–C) groups is 1. The molecule has 0 bridgehead atoms. The zero-order chi connectivity index (χ0) is 26.2. The van der Waals surface area contributed by atoms with Crippen LogP contribution in [0.1, 0.15) is 19.4 Å². The summed E-state index contributed by atoms with van der Waals surface area (Å²) in [7, 11) is 0. The minimum absolute atomic E-state index is 0.212. The fourth-order valence-corrected chi connectivity index (χ4v) is 5.11. The van der Waals surface area contributed by atoms with Crippen LogP contribution in [-0.4, -0.2) is 28.7 Å². The molecular formula is C30H27Br2N3O2. The molecule has 3 aromatic rings. The summed E-state index contributed by atoms with van der Waals surface area (Å²) in [5.41, 5.74) is 4.68. The highest BCUT2D eigenvalue weighted by Gasteiger charge is 2.34. The van der Waals surface area contributed by atoms with Crippen LogP contribution in [0, 0.1) is 0 Å². The Bertz CT molecular complexity index is 1310. The van der Waals surface area contributed by atoms with Gasteiger partial charge < -0.3 is 9.64 Å². The quantitative estimate of drug-likeness (QED) is 0.144. The van der Waals surface area contributed by atoms with Gasteiger partial charge in [0, 0.05) is 33.4 Å². The van der Waals surface area contributed by atoms with E-state index < -0.39 is 0 Å². The molecule has 7 heteroatoms. The second-order valence-electron chi connectivity index (χ2n) is 8.03. The number of para-hydroxylation sites is 2. The molecule has 0 saturated carbocycles. The summed E-state index contributed by atoms with van der Waals surface area (Å²) in [4.78, 5) is 21.4. The number of halogens is 2. The summed E-state index contributed by atoms with van der Waals surface area (Å²) in [5, 5.41) is 0.681. The van der Waals surface area contributed by atoms with E-state index in [-0.39, 0.29) is 17.7 Å². The van der Waals surface area contributed by atoms with Crippen LogP contribution in [0.4, 0.5) is 17.1 Å². The van der Waals surface area contributed by atoms with Crippen molar-refractivity contribution in [1.29, 1.82) is 0 Å². The van der Waals surface area contributed by atoms with Crippen LogP contribution in [0.2, 0.25) is 0 Å². The Balaban J connectivity index is 1.63. The number of amides is 1. The van der Waals surface area contributed by atoms with Crippen LogP contribution in [0.5, 0.6) is 0 Å². The van der Waals surface area contributed by atoms with Gasteiger partial charge in [0.15, 0.2) is 5.76 Å². The van der Waals surface area contributed by atoms with Crippen LogP contribution in [0.25, 0.3) is 6.08 Å². The first-order valence-corrected chi connectivity index (χ1v) is 13.9. The standard InChI is InChI=1S/C30H27Br2N3O2/c1-3-27(26(32)19-20-31)33-30-34(4-2)29(36)28(37-30)21-22-15-17-25(18-16-22)35(23-11-7-5-8-12-23)24-13-9-6-10-14-24/h3,5-19,21H,4,20H2,1-2H3/b26-19+,27-3+,28-21+,33-30?. The molecule has 0 unspecified atom stereocenters. The molecule has 1 amide bonds. The van der Waals surface area contributed by atoms with Gasteiger partial charge in [0.05, 0.1) is 5.70 Å². The van der Waals surface area contributed by atoms with Gasteiger partial charge in [-0.25, -0.2) is 0 Å². The van der Waals surface area contributed by atoms with Gasteiger partial charge in [0.1, 0.15) is 0 Å². The lowest BCUT2D eigenvalue weighted by Gasteiger charge is -2.25. The number of benzene rings is 3. The second-order valence-corrected chi connectivity index (χ2v) is 9.53. The van der Waals surface area contributed by atoms with E-state index in [0.717, 1.165) is 27.1 Å². The first-order valence-electron chi connectivity index (χ1n) is 11.9. The molecule has 1 heterocycles. The summed E-state index contributed by atoms with van der Waals surface area (Å²) in [6.07, 6.45) is 5.56. The maximum absolute atomic E-state index is 13.1. The molecule has 1 saturated heterocycles. The van der Waals surface area contributed by atoms with Crippen molar-refractivity contribution < 1.29 is 9.53 Å². The third kappa shape index (κ3) is 6.29. The molecule has 0 radical (unpaired) electrons. The van der Waals surface area contributed by atoms with Gasteiger partial charge in [-0.15, -0.1) is 0 Å².